The molecule has 2 aromatic rings. The SMILES string of the molecule is CCC[C@@H](C)NC(=O)c1cccc(Oc2ccccc2)c1. The van der Waals surface area contributed by atoms with E-state index in [-0.39, 0.29) is 11.9 Å². The van der Waals surface area contributed by atoms with Gasteiger partial charge in [-0.3, -0.25) is 4.79 Å². The van der Waals surface area contributed by atoms with Crippen molar-refractivity contribution < 1.29 is 9.53 Å². The summed E-state index contributed by atoms with van der Waals surface area (Å²) in [6.45, 7) is 4.13. The van der Waals surface area contributed by atoms with Crippen molar-refractivity contribution in [2.45, 2.75) is 32.7 Å². The van der Waals surface area contributed by atoms with Crippen LogP contribution in [-0.2, 0) is 0 Å². The smallest absolute Gasteiger partial charge is 0.251 e. The van der Waals surface area contributed by atoms with Gasteiger partial charge >= 0.3 is 0 Å². The van der Waals surface area contributed by atoms with Crippen LogP contribution in [0.1, 0.15) is 37.0 Å². The van der Waals surface area contributed by atoms with Gasteiger partial charge in [-0.25, -0.2) is 0 Å². The first kappa shape index (κ1) is 15.1. The Balaban J connectivity index is 2.05. The van der Waals surface area contributed by atoms with Gasteiger partial charge in [-0.15, -0.1) is 0 Å². The predicted octanol–water partition coefficient (Wildman–Crippen LogP) is 4.40. The molecule has 0 saturated carbocycles. The maximum Gasteiger partial charge on any atom is 0.251 e. The van der Waals surface area contributed by atoms with Gasteiger partial charge in [0.05, 0.1) is 0 Å². The molecule has 2 aromatic carbocycles. The highest BCUT2D eigenvalue weighted by molar-refractivity contribution is 5.94. The number of para-hydroxylation sites is 1. The molecule has 3 heteroatoms. The summed E-state index contributed by atoms with van der Waals surface area (Å²) in [6, 6.07) is 17.0. The number of carbonyl (C=O) groups excluding carboxylic acids is 1. The minimum Gasteiger partial charge on any atom is -0.457 e. The average molecular weight is 283 g/mol. The third kappa shape index (κ3) is 4.63. The molecule has 0 unspecified atom stereocenters. The zero-order chi connectivity index (χ0) is 15.1. The van der Waals surface area contributed by atoms with Crippen molar-refractivity contribution in [3.05, 3.63) is 60.2 Å². The van der Waals surface area contributed by atoms with E-state index in [4.69, 9.17) is 4.74 Å². The van der Waals surface area contributed by atoms with Crippen LogP contribution < -0.4 is 10.1 Å². The number of rotatable bonds is 6. The molecule has 0 aliphatic carbocycles. The number of ether oxygens (including phenoxy) is 1. The molecule has 0 bridgehead atoms. The van der Waals surface area contributed by atoms with Gasteiger partial charge in [0.15, 0.2) is 0 Å². The van der Waals surface area contributed by atoms with Gasteiger partial charge in [0.1, 0.15) is 11.5 Å². The summed E-state index contributed by atoms with van der Waals surface area (Å²) in [6.07, 6.45) is 2.03. The van der Waals surface area contributed by atoms with Gasteiger partial charge in [-0.2, -0.15) is 0 Å². The van der Waals surface area contributed by atoms with E-state index in [2.05, 4.69) is 12.2 Å². The molecule has 0 fully saturated rings. The summed E-state index contributed by atoms with van der Waals surface area (Å²) in [7, 11) is 0. The van der Waals surface area contributed by atoms with Crippen molar-refractivity contribution >= 4 is 5.91 Å². The monoisotopic (exact) mass is 283 g/mol. The summed E-state index contributed by atoms with van der Waals surface area (Å²) in [5, 5.41) is 2.99. The van der Waals surface area contributed by atoms with Gasteiger partial charge in [0.25, 0.3) is 5.91 Å². The van der Waals surface area contributed by atoms with Crippen LogP contribution in [0.5, 0.6) is 11.5 Å². The highest BCUT2D eigenvalue weighted by Crippen LogP contribution is 2.21. The van der Waals surface area contributed by atoms with Gasteiger partial charge < -0.3 is 10.1 Å². The molecule has 0 spiro atoms. The van der Waals surface area contributed by atoms with Crippen LogP contribution in [0.15, 0.2) is 54.6 Å². The molecule has 21 heavy (non-hydrogen) atoms. The summed E-state index contributed by atoms with van der Waals surface area (Å²) in [5.74, 6) is 1.36. The van der Waals surface area contributed by atoms with E-state index in [9.17, 15) is 4.79 Å². The molecule has 0 radical (unpaired) electrons. The van der Waals surface area contributed by atoms with Crippen LogP contribution in [0.2, 0.25) is 0 Å². The fourth-order valence-electron chi connectivity index (χ4n) is 2.14. The zero-order valence-electron chi connectivity index (χ0n) is 12.5. The summed E-state index contributed by atoms with van der Waals surface area (Å²) in [4.78, 5) is 12.2. The van der Waals surface area contributed by atoms with E-state index >= 15 is 0 Å². The topological polar surface area (TPSA) is 38.3 Å². The lowest BCUT2D eigenvalue weighted by molar-refractivity contribution is 0.0938. The quantitative estimate of drug-likeness (QED) is 0.853. The molecule has 0 aromatic heterocycles. The van der Waals surface area contributed by atoms with Crippen LogP contribution in [0.4, 0.5) is 0 Å². The standard InChI is InChI=1S/C18H21NO2/c1-3-8-14(2)19-18(20)15-9-7-12-17(13-15)21-16-10-5-4-6-11-16/h4-7,9-14H,3,8H2,1-2H3,(H,19,20)/t14-/m1/s1. The third-order valence-electron chi connectivity index (χ3n) is 3.17. The molecule has 3 nitrogen and oxygen atoms in total. The highest BCUT2D eigenvalue weighted by atomic mass is 16.5. The molecule has 1 amide bonds. The number of amides is 1. The first-order chi connectivity index (χ1) is 10.2. The Hall–Kier alpha value is -2.29. The Morgan fingerprint density at radius 3 is 2.52 bits per heavy atom. The van der Waals surface area contributed by atoms with E-state index in [1.54, 1.807) is 12.1 Å². The van der Waals surface area contributed by atoms with E-state index in [1.807, 2.05) is 49.4 Å². The average Bonchev–Trinajstić information content (AvgIpc) is 2.49. The van der Waals surface area contributed by atoms with Crippen LogP contribution in [0.25, 0.3) is 0 Å². The van der Waals surface area contributed by atoms with Crippen molar-refractivity contribution in [3.63, 3.8) is 0 Å². The minimum atomic E-state index is -0.0607. The lowest BCUT2D eigenvalue weighted by atomic mass is 10.1. The second-order valence-electron chi connectivity index (χ2n) is 5.11. The zero-order valence-corrected chi connectivity index (χ0v) is 12.5. The van der Waals surface area contributed by atoms with Crippen molar-refractivity contribution in [3.8, 4) is 11.5 Å². The Morgan fingerprint density at radius 2 is 1.81 bits per heavy atom. The van der Waals surface area contributed by atoms with Crippen LogP contribution in [0, 0.1) is 0 Å². The van der Waals surface area contributed by atoms with Gasteiger partial charge in [0.2, 0.25) is 0 Å². The van der Waals surface area contributed by atoms with E-state index in [0.717, 1.165) is 18.6 Å². The molecule has 0 heterocycles. The van der Waals surface area contributed by atoms with Crippen molar-refractivity contribution in [2.75, 3.05) is 0 Å². The van der Waals surface area contributed by atoms with E-state index in [1.165, 1.54) is 0 Å². The number of hydrogen-bond donors (Lipinski definition) is 1. The fourth-order valence-corrected chi connectivity index (χ4v) is 2.14. The highest BCUT2D eigenvalue weighted by Gasteiger charge is 2.10. The third-order valence-corrected chi connectivity index (χ3v) is 3.17. The Kier molecular flexibility index (Phi) is 5.38. The Bertz CT molecular complexity index is 581. The van der Waals surface area contributed by atoms with Crippen LogP contribution in [0.3, 0.4) is 0 Å². The van der Waals surface area contributed by atoms with Crippen LogP contribution >= 0.6 is 0 Å². The van der Waals surface area contributed by atoms with Crippen molar-refractivity contribution in [1.29, 1.82) is 0 Å². The van der Waals surface area contributed by atoms with Crippen molar-refractivity contribution in [1.82, 2.24) is 5.32 Å². The lowest BCUT2D eigenvalue weighted by Gasteiger charge is -2.13. The van der Waals surface area contributed by atoms with Crippen molar-refractivity contribution in [2.24, 2.45) is 0 Å². The molecule has 0 saturated heterocycles. The first-order valence-corrected chi connectivity index (χ1v) is 7.33. The number of benzene rings is 2. The maximum atomic E-state index is 12.2. The van der Waals surface area contributed by atoms with E-state index in [0.29, 0.717) is 11.3 Å². The molecule has 2 rings (SSSR count). The Labute approximate surface area is 126 Å². The van der Waals surface area contributed by atoms with Gasteiger partial charge in [0, 0.05) is 11.6 Å². The van der Waals surface area contributed by atoms with E-state index < -0.39 is 0 Å². The van der Waals surface area contributed by atoms with Crippen LogP contribution in [-0.4, -0.2) is 11.9 Å². The summed E-state index contributed by atoms with van der Waals surface area (Å²) in [5.41, 5.74) is 0.617. The fraction of sp³-hybridized carbons (Fsp3) is 0.278. The number of nitrogens with one attached hydrogen (secondary N) is 1. The number of hydrogen-bond acceptors (Lipinski definition) is 2. The first-order valence-electron chi connectivity index (χ1n) is 7.33. The van der Waals surface area contributed by atoms with Gasteiger partial charge in [-0.05, 0) is 43.7 Å². The predicted molar refractivity (Wildman–Crippen MR) is 84.8 cm³/mol. The molecule has 110 valence electrons. The summed E-state index contributed by atoms with van der Waals surface area (Å²) < 4.78 is 5.74. The second kappa shape index (κ2) is 7.48. The normalized spacial score (nSPS) is 11.7. The molecule has 0 aliphatic rings. The molecular formula is C18H21NO2. The summed E-state index contributed by atoms with van der Waals surface area (Å²) >= 11 is 0. The lowest BCUT2D eigenvalue weighted by Crippen LogP contribution is -2.32. The Morgan fingerprint density at radius 1 is 1.10 bits per heavy atom. The molecular weight excluding hydrogens is 262 g/mol. The minimum absolute atomic E-state index is 0.0607. The van der Waals surface area contributed by atoms with Gasteiger partial charge in [-0.1, -0.05) is 37.6 Å². The molecule has 0 aliphatic heterocycles. The maximum absolute atomic E-state index is 12.2. The number of carbonyl (C=O) groups is 1. The molecule has 1 atom stereocenters. The largest absolute Gasteiger partial charge is 0.457 e. The molecule has 1 N–H and O–H groups in total. The second-order valence-corrected chi connectivity index (χ2v) is 5.11.